The number of non-ortho nitro benzene ring substituents is 1. The van der Waals surface area contributed by atoms with Crippen molar-refractivity contribution in [3.05, 3.63) is 45.5 Å². The second-order valence-corrected chi connectivity index (χ2v) is 6.43. The minimum absolute atomic E-state index is 0.0127. The number of nitrogens with zero attached hydrogens (tertiary/aromatic N) is 1. The van der Waals surface area contributed by atoms with E-state index in [9.17, 15) is 19.7 Å². The van der Waals surface area contributed by atoms with Gasteiger partial charge in [-0.15, -0.1) is 0 Å². The van der Waals surface area contributed by atoms with Gasteiger partial charge in [0, 0.05) is 31.4 Å². The lowest BCUT2D eigenvalue weighted by Gasteiger charge is -2.16. The van der Waals surface area contributed by atoms with Crippen molar-refractivity contribution in [2.24, 2.45) is 0 Å². The first-order valence-electron chi connectivity index (χ1n) is 9.05. The number of nitro benzene ring substituents is 1. The number of allylic oxidation sites excluding steroid dienone is 1. The number of carbonyl (C=O) groups excluding carboxylic acids is 2. The summed E-state index contributed by atoms with van der Waals surface area (Å²) in [7, 11) is 1.59. The fraction of sp³-hybridized carbons (Fsp3) is 0.474. The van der Waals surface area contributed by atoms with Crippen LogP contribution >= 0.6 is 0 Å². The molecule has 8 heteroatoms. The zero-order valence-corrected chi connectivity index (χ0v) is 15.6. The van der Waals surface area contributed by atoms with Gasteiger partial charge in [0.15, 0.2) is 6.10 Å². The molecule has 0 unspecified atom stereocenters. The van der Waals surface area contributed by atoms with Crippen LogP contribution in [0, 0.1) is 10.1 Å². The molecule has 27 heavy (non-hydrogen) atoms. The minimum atomic E-state index is -0.998. The highest BCUT2D eigenvalue weighted by molar-refractivity contribution is 5.98. The summed E-state index contributed by atoms with van der Waals surface area (Å²) in [6.07, 6.45) is 6.58. The van der Waals surface area contributed by atoms with E-state index in [-0.39, 0.29) is 11.3 Å². The van der Waals surface area contributed by atoms with Gasteiger partial charge < -0.3 is 15.4 Å². The SMILES string of the molecule is CNc1ccc([N+](=O)[O-])cc1C(=O)O[C@H](C)C(=O)NCCC1=CCCCC1. The van der Waals surface area contributed by atoms with E-state index in [1.807, 2.05) is 0 Å². The van der Waals surface area contributed by atoms with Crippen LogP contribution in [0.15, 0.2) is 29.8 Å². The molecule has 0 fully saturated rings. The summed E-state index contributed by atoms with van der Waals surface area (Å²) < 4.78 is 5.19. The standard InChI is InChI=1S/C19H25N3O5/c1-13(18(23)21-11-10-14-6-4-3-5-7-14)27-19(24)16-12-15(22(25)26)8-9-17(16)20-2/h6,8-9,12-13,20H,3-5,7,10-11H2,1-2H3,(H,21,23)/t13-/m1/s1. The topological polar surface area (TPSA) is 111 Å². The Labute approximate surface area is 158 Å². The number of nitro groups is 1. The van der Waals surface area contributed by atoms with E-state index < -0.39 is 22.9 Å². The Morgan fingerprint density at radius 1 is 1.33 bits per heavy atom. The quantitative estimate of drug-likeness (QED) is 0.312. The van der Waals surface area contributed by atoms with Crippen LogP contribution in [0.25, 0.3) is 0 Å². The van der Waals surface area contributed by atoms with E-state index in [2.05, 4.69) is 16.7 Å². The number of hydrogen-bond donors (Lipinski definition) is 2. The van der Waals surface area contributed by atoms with Gasteiger partial charge in [0.25, 0.3) is 11.6 Å². The molecular formula is C19H25N3O5. The van der Waals surface area contributed by atoms with Crippen LogP contribution in [0.4, 0.5) is 11.4 Å². The monoisotopic (exact) mass is 375 g/mol. The average Bonchev–Trinajstić information content (AvgIpc) is 2.67. The third-order valence-corrected chi connectivity index (χ3v) is 4.49. The molecule has 8 nitrogen and oxygen atoms in total. The highest BCUT2D eigenvalue weighted by Crippen LogP contribution is 2.23. The van der Waals surface area contributed by atoms with Gasteiger partial charge in [0.1, 0.15) is 0 Å². The minimum Gasteiger partial charge on any atom is -0.449 e. The Hall–Kier alpha value is -2.90. The van der Waals surface area contributed by atoms with E-state index in [0.717, 1.165) is 25.3 Å². The Kier molecular flexibility index (Phi) is 7.34. The van der Waals surface area contributed by atoms with Gasteiger partial charge in [-0.1, -0.05) is 11.6 Å². The zero-order valence-electron chi connectivity index (χ0n) is 15.6. The summed E-state index contributed by atoms with van der Waals surface area (Å²) in [5.41, 5.74) is 1.53. The molecule has 1 aliphatic carbocycles. The van der Waals surface area contributed by atoms with Crippen LogP contribution in [0.1, 0.15) is 49.4 Å². The summed E-state index contributed by atoms with van der Waals surface area (Å²) in [6.45, 7) is 1.97. The molecule has 1 atom stereocenters. The van der Waals surface area contributed by atoms with Gasteiger partial charge in [-0.05, 0) is 45.1 Å². The van der Waals surface area contributed by atoms with E-state index in [0.29, 0.717) is 12.2 Å². The van der Waals surface area contributed by atoms with Crippen molar-refractivity contribution in [2.45, 2.75) is 45.1 Å². The van der Waals surface area contributed by atoms with E-state index in [1.165, 1.54) is 37.5 Å². The van der Waals surface area contributed by atoms with Crippen molar-refractivity contribution in [2.75, 3.05) is 18.9 Å². The van der Waals surface area contributed by atoms with Gasteiger partial charge in [-0.2, -0.15) is 0 Å². The second-order valence-electron chi connectivity index (χ2n) is 6.43. The second kappa shape index (κ2) is 9.70. The molecule has 1 aromatic carbocycles. The molecular weight excluding hydrogens is 350 g/mol. The summed E-state index contributed by atoms with van der Waals surface area (Å²) in [5.74, 6) is -1.18. The molecule has 0 saturated carbocycles. The Bertz CT molecular complexity index is 745. The number of ether oxygens (including phenoxy) is 1. The van der Waals surface area contributed by atoms with Crippen LogP contribution in [-0.2, 0) is 9.53 Å². The lowest BCUT2D eigenvalue weighted by molar-refractivity contribution is -0.384. The smallest absolute Gasteiger partial charge is 0.341 e. The molecule has 0 spiro atoms. The largest absolute Gasteiger partial charge is 0.449 e. The molecule has 146 valence electrons. The van der Waals surface area contributed by atoms with Crippen molar-refractivity contribution < 1.29 is 19.2 Å². The number of anilines is 1. The fourth-order valence-corrected chi connectivity index (χ4v) is 2.93. The summed E-state index contributed by atoms with van der Waals surface area (Å²) in [5, 5.41) is 16.5. The summed E-state index contributed by atoms with van der Waals surface area (Å²) in [6, 6.07) is 3.85. The maximum Gasteiger partial charge on any atom is 0.341 e. The zero-order chi connectivity index (χ0) is 19.8. The number of esters is 1. The van der Waals surface area contributed by atoms with Gasteiger partial charge in [0.2, 0.25) is 0 Å². The first-order valence-corrected chi connectivity index (χ1v) is 9.05. The molecule has 2 N–H and O–H groups in total. The third-order valence-electron chi connectivity index (χ3n) is 4.49. The van der Waals surface area contributed by atoms with Crippen LogP contribution in [0.3, 0.4) is 0 Å². The number of rotatable bonds is 8. The molecule has 0 aliphatic heterocycles. The van der Waals surface area contributed by atoms with Crippen LogP contribution in [0.5, 0.6) is 0 Å². The number of hydrogen-bond acceptors (Lipinski definition) is 6. The van der Waals surface area contributed by atoms with E-state index >= 15 is 0 Å². The Balaban J connectivity index is 1.92. The Morgan fingerprint density at radius 3 is 2.74 bits per heavy atom. The predicted octanol–water partition coefficient (Wildman–Crippen LogP) is 3.19. The molecule has 0 bridgehead atoms. The van der Waals surface area contributed by atoms with E-state index in [4.69, 9.17) is 4.74 Å². The maximum atomic E-state index is 12.4. The molecule has 1 aliphatic rings. The third kappa shape index (κ3) is 5.80. The summed E-state index contributed by atoms with van der Waals surface area (Å²) >= 11 is 0. The van der Waals surface area contributed by atoms with E-state index in [1.54, 1.807) is 7.05 Å². The maximum absolute atomic E-state index is 12.4. The van der Waals surface area contributed by atoms with Crippen LogP contribution in [-0.4, -0.2) is 36.5 Å². The van der Waals surface area contributed by atoms with Gasteiger partial charge in [0.05, 0.1) is 10.5 Å². The summed E-state index contributed by atoms with van der Waals surface area (Å²) in [4.78, 5) is 34.8. The normalized spacial score (nSPS) is 14.7. The average molecular weight is 375 g/mol. The van der Waals surface area contributed by atoms with Crippen LogP contribution < -0.4 is 10.6 Å². The Morgan fingerprint density at radius 2 is 2.11 bits per heavy atom. The lowest BCUT2D eigenvalue weighted by Crippen LogP contribution is -2.36. The number of carbonyl (C=O) groups is 2. The molecule has 0 heterocycles. The van der Waals surface area contributed by atoms with Crippen LogP contribution in [0.2, 0.25) is 0 Å². The fourth-order valence-electron chi connectivity index (χ4n) is 2.93. The molecule has 1 aromatic rings. The van der Waals surface area contributed by atoms with Gasteiger partial charge >= 0.3 is 5.97 Å². The first kappa shape index (κ1) is 20.4. The molecule has 0 saturated heterocycles. The lowest BCUT2D eigenvalue weighted by atomic mass is 9.97. The van der Waals surface area contributed by atoms with Gasteiger partial charge in [-0.25, -0.2) is 4.79 Å². The molecule has 0 radical (unpaired) electrons. The van der Waals surface area contributed by atoms with Gasteiger partial charge in [-0.3, -0.25) is 14.9 Å². The first-order chi connectivity index (χ1) is 12.9. The van der Waals surface area contributed by atoms with Crippen molar-refractivity contribution in [3.63, 3.8) is 0 Å². The molecule has 2 rings (SSSR count). The van der Waals surface area contributed by atoms with Crippen molar-refractivity contribution >= 4 is 23.3 Å². The van der Waals surface area contributed by atoms with Crippen molar-refractivity contribution in [1.29, 1.82) is 0 Å². The highest BCUT2D eigenvalue weighted by Gasteiger charge is 2.22. The van der Waals surface area contributed by atoms with Crippen molar-refractivity contribution in [1.82, 2.24) is 5.32 Å². The number of benzene rings is 1. The molecule has 1 amide bonds. The van der Waals surface area contributed by atoms with Crippen molar-refractivity contribution in [3.8, 4) is 0 Å². The highest BCUT2D eigenvalue weighted by atomic mass is 16.6. The molecule has 0 aromatic heterocycles. The number of amides is 1. The predicted molar refractivity (Wildman–Crippen MR) is 102 cm³/mol. The number of nitrogens with one attached hydrogen (secondary N) is 2.